The van der Waals surface area contributed by atoms with Crippen LogP contribution in [-0.4, -0.2) is 50.1 Å². The molecule has 9 nitrogen and oxygen atoms in total. The van der Waals surface area contributed by atoms with Crippen LogP contribution >= 0.6 is 15.9 Å². The maximum Gasteiger partial charge on any atom is 0.257 e. The SMILES string of the molecule is CC(=O)N(C)c1ccc(C2N(C)c3cc(Br)cc(C(=O)Nc4cccc(C(N)=O)c4)c3N2CCO)cc1. The van der Waals surface area contributed by atoms with Crippen molar-refractivity contribution in [3.8, 4) is 0 Å². The fraction of sp³-hybridized carbons (Fsp3) is 0.222. The Morgan fingerprint density at radius 3 is 2.43 bits per heavy atom. The monoisotopic (exact) mass is 565 g/mol. The molecule has 1 aliphatic heterocycles. The van der Waals surface area contributed by atoms with Crippen LogP contribution in [0.4, 0.5) is 22.7 Å². The Labute approximate surface area is 223 Å². The summed E-state index contributed by atoms with van der Waals surface area (Å²) in [6.45, 7) is 1.68. The van der Waals surface area contributed by atoms with Gasteiger partial charge in [-0.05, 0) is 48.0 Å². The van der Waals surface area contributed by atoms with Crippen molar-refractivity contribution in [2.75, 3.05) is 47.3 Å². The third-order valence-corrected chi connectivity index (χ3v) is 6.88. The summed E-state index contributed by atoms with van der Waals surface area (Å²) in [5.74, 6) is -1.02. The Balaban J connectivity index is 1.73. The second-order valence-corrected chi connectivity index (χ2v) is 9.71. The van der Waals surface area contributed by atoms with Crippen LogP contribution in [0.1, 0.15) is 39.4 Å². The third-order valence-electron chi connectivity index (χ3n) is 6.43. The fourth-order valence-electron chi connectivity index (χ4n) is 4.54. The van der Waals surface area contributed by atoms with E-state index in [2.05, 4.69) is 21.2 Å². The normalized spacial score (nSPS) is 14.4. The molecule has 3 amide bonds. The van der Waals surface area contributed by atoms with E-state index in [9.17, 15) is 19.5 Å². The molecule has 1 unspecified atom stereocenters. The molecule has 4 N–H and O–H groups in total. The van der Waals surface area contributed by atoms with Crippen molar-refractivity contribution in [3.63, 3.8) is 0 Å². The number of hydrogen-bond acceptors (Lipinski definition) is 6. The lowest BCUT2D eigenvalue weighted by molar-refractivity contribution is -0.116. The van der Waals surface area contributed by atoms with Gasteiger partial charge in [0.05, 0.1) is 23.5 Å². The van der Waals surface area contributed by atoms with Gasteiger partial charge >= 0.3 is 0 Å². The summed E-state index contributed by atoms with van der Waals surface area (Å²) < 4.78 is 0.720. The summed E-state index contributed by atoms with van der Waals surface area (Å²) in [6, 6.07) is 17.7. The number of rotatable bonds is 7. The molecule has 0 aliphatic carbocycles. The third kappa shape index (κ3) is 5.16. The number of aliphatic hydroxyl groups is 1. The van der Waals surface area contributed by atoms with Crippen molar-refractivity contribution in [1.82, 2.24) is 0 Å². The van der Waals surface area contributed by atoms with Gasteiger partial charge in [-0.3, -0.25) is 14.4 Å². The minimum absolute atomic E-state index is 0.0677. The smallest absolute Gasteiger partial charge is 0.257 e. The number of carbonyl (C=O) groups is 3. The van der Waals surface area contributed by atoms with Crippen LogP contribution in [0.3, 0.4) is 0 Å². The van der Waals surface area contributed by atoms with Gasteiger partial charge in [0.25, 0.3) is 5.91 Å². The summed E-state index contributed by atoms with van der Waals surface area (Å²) in [7, 11) is 3.65. The van der Waals surface area contributed by atoms with Gasteiger partial charge in [0.2, 0.25) is 11.8 Å². The number of halogens is 1. The molecule has 3 aromatic carbocycles. The number of carbonyl (C=O) groups excluding carboxylic acids is 3. The first kappa shape index (κ1) is 26.2. The molecule has 10 heteroatoms. The molecule has 0 radical (unpaired) electrons. The molecule has 0 aromatic heterocycles. The fourth-order valence-corrected chi connectivity index (χ4v) is 4.98. The number of anilines is 4. The molecular formula is C27H28BrN5O4. The molecule has 0 spiro atoms. The Morgan fingerprint density at radius 2 is 1.81 bits per heavy atom. The van der Waals surface area contributed by atoms with Crippen LogP contribution in [0.5, 0.6) is 0 Å². The van der Waals surface area contributed by atoms with Crippen molar-refractivity contribution in [2.24, 2.45) is 5.73 Å². The topological polar surface area (TPSA) is 119 Å². The molecule has 4 rings (SSSR count). The van der Waals surface area contributed by atoms with Gasteiger partial charge in [-0.15, -0.1) is 0 Å². The molecule has 0 bridgehead atoms. The number of nitrogens with one attached hydrogen (secondary N) is 1. The van der Waals surface area contributed by atoms with E-state index in [1.807, 2.05) is 47.2 Å². The van der Waals surface area contributed by atoms with Crippen LogP contribution in [0, 0.1) is 0 Å². The van der Waals surface area contributed by atoms with Crippen molar-refractivity contribution in [2.45, 2.75) is 13.1 Å². The van der Waals surface area contributed by atoms with Crippen LogP contribution in [0.2, 0.25) is 0 Å². The van der Waals surface area contributed by atoms with E-state index in [0.717, 1.165) is 21.4 Å². The van der Waals surface area contributed by atoms with E-state index in [1.165, 1.54) is 13.0 Å². The maximum atomic E-state index is 13.5. The molecule has 1 aliphatic rings. The molecule has 0 fully saturated rings. The largest absolute Gasteiger partial charge is 0.395 e. The minimum Gasteiger partial charge on any atom is -0.395 e. The lowest BCUT2D eigenvalue weighted by Crippen LogP contribution is -2.36. The zero-order valence-corrected chi connectivity index (χ0v) is 22.3. The van der Waals surface area contributed by atoms with Gasteiger partial charge in [-0.2, -0.15) is 0 Å². The Kier molecular flexibility index (Phi) is 7.51. The second kappa shape index (κ2) is 10.6. The Bertz CT molecular complexity index is 1360. The Hall–Kier alpha value is -3.89. The molecule has 1 atom stereocenters. The van der Waals surface area contributed by atoms with Crippen molar-refractivity contribution in [1.29, 1.82) is 0 Å². The minimum atomic E-state index is -0.585. The quantitative estimate of drug-likeness (QED) is 0.401. The second-order valence-electron chi connectivity index (χ2n) is 8.79. The summed E-state index contributed by atoms with van der Waals surface area (Å²) in [4.78, 5) is 42.4. The molecule has 0 saturated heterocycles. The Morgan fingerprint density at radius 1 is 1.11 bits per heavy atom. The van der Waals surface area contributed by atoms with Crippen LogP contribution in [-0.2, 0) is 4.79 Å². The number of β-amino-alcohol motifs (C(OH)–C–C–N with tert-alkyl or cyclic N) is 1. The lowest BCUT2D eigenvalue weighted by atomic mass is 10.1. The lowest BCUT2D eigenvalue weighted by Gasteiger charge is -2.31. The number of nitrogens with two attached hydrogens (primary N) is 1. The zero-order valence-electron chi connectivity index (χ0n) is 20.7. The predicted molar refractivity (Wildman–Crippen MR) is 148 cm³/mol. The van der Waals surface area contributed by atoms with E-state index in [1.54, 1.807) is 36.2 Å². The van der Waals surface area contributed by atoms with E-state index in [4.69, 9.17) is 5.73 Å². The number of benzene rings is 3. The van der Waals surface area contributed by atoms with Crippen molar-refractivity contribution < 1.29 is 19.5 Å². The van der Waals surface area contributed by atoms with E-state index < -0.39 is 5.91 Å². The molecular weight excluding hydrogens is 538 g/mol. The van der Waals surface area contributed by atoms with Gasteiger partial charge in [-0.1, -0.05) is 34.1 Å². The molecule has 192 valence electrons. The standard InChI is InChI=1S/C27H28BrN5O4/c1-16(35)31(2)21-9-7-17(8-10-21)27-32(3)23-15-19(28)14-22(24(23)33(27)11-12-34)26(37)30-20-6-4-5-18(13-20)25(29)36/h4-10,13-15,27,34H,11-12H2,1-3H3,(H2,29,36)(H,30,37). The maximum absolute atomic E-state index is 13.5. The van der Waals surface area contributed by atoms with Crippen molar-refractivity contribution >= 4 is 56.4 Å². The highest BCUT2D eigenvalue weighted by atomic mass is 79.9. The molecule has 1 heterocycles. The first-order valence-corrected chi connectivity index (χ1v) is 12.4. The average Bonchev–Trinajstić information content (AvgIpc) is 3.14. The van der Waals surface area contributed by atoms with Crippen molar-refractivity contribution in [3.05, 3.63) is 81.8 Å². The zero-order chi connectivity index (χ0) is 26.9. The highest BCUT2D eigenvalue weighted by Crippen LogP contribution is 2.48. The number of nitrogens with zero attached hydrogens (tertiary/aromatic N) is 3. The number of fused-ring (bicyclic) bond motifs is 1. The van der Waals surface area contributed by atoms with E-state index in [-0.39, 0.29) is 36.7 Å². The van der Waals surface area contributed by atoms with Gasteiger partial charge in [0.1, 0.15) is 6.17 Å². The summed E-state index contributed by atoms with van der Waals surface area (Å²) in [5, 5.41) is 12.8. The summed E-state index contributed by atoms with van der Waals surface area (Å²) >= 11 is 3.53. The van der Waals surface area contributed by atoms with Gasteiger partial charge in [0.15, 0.2) is 0 Å². The number of primary amides is 1. The van der Waals surface area contributed by atoms with E-state index in [0.29, 0.717) is 16.9 Å². The van der Waals surface area contributed by atoms with Crippen LogP contribution < -0.4 is 25.8 Å². The number of aliphatic hydroxyl groups excluding tert-OH is 1. The van der Waals surface area contributed by atoms with E-state index >= 15 is 0 Å². The van der Waals surface area contributed by atoms with Crippen LogP contribution in [0.15, 0.2) is 65.1 Å². The summed E-state index contributed by atoms with van der Waals surface area (Å²) in [6.07, 6.45) is -0.294. The molecule has 37 heavy (non-hydrogen) atoms. The highest BCUT2D eigenvalue weighted by Gasteiger charge is 2.38. The van der Waals surface area contributed by atoms with Gasteiger partial charge < -0.3 is 30.9 Å². The predicted octanol–water partition coefficient (Wildman–Crippen LogP) is 3.73. The number of hydrogen-bond donors (Lipinski definition) is 3. The first-order chi connectivity index (χ1) is 17.6. The summed E-state index contributed by atoms with van der Waals surface area (Å²) in [5.41, 5.74) is 9.72. The average molecular weight is 566 g/mol. The van der Waals surface area contributed by atoms with Crippen LogP contribution in [0.25, 0.3) is 0 Å². The first-order valence-electron chi connectivity index (χ1n) is 11.6. The number of amides is 3. The van der Waals surface area contributed by atoms with Gasteiger partial charge in [0, 0.05) is 49.0 Å². The highest BCUT2D eigenvalue weighted by molar-refractivity contribution is 9.10. The molecule has 3 aromatic rings. The molecule has 0 saturated carbocycles. The van der Waals surface area contributed by atoms with Gasteiger partial charge in [-0.25, -0.2) is 0 Å².